The Hall–Kier alpha value is -0.450. The van der Waals surface area contributed by atoms with Crippen molar-refractivity contribution in [2.75, 3.05) is 27.2 Å². The van der Waals surface area contributed by atoms with Crippen molar-refractivity contribution in [3.63, 3.8) is 0 Å². The predicted octanol–water partition coefficient (Wildman–Crippen LogP) is 1.36. The molecule has 1 aliphatic rings. The van der Waals surface area contributed by atoms with Crippen LogP contribution in [0.25, 0.3) is 0 Å². The molecule has 1 aromatic heterocycles. The van der Waals surface area contributed by atoms with Gasteiger partial charge in [0.2, 0.25) is 0 Å². The third-order valence-electron chi connectivity index (χ3n) is 2.90. The van der Waals surface area contributed by atoms with Crippen molar-refractivity contribution >= 4 is 11.3 Å². The lowest BCUT2D eigenvalue weighted by Gasteiger charge is -2.07. The maximum absolute atomic E-state index is 4.48. The van der Waals surface area contributed by atoms with E-state index in [0.717, 1.165) is 12.5 Å². The van der Waals surface area contributed by atoms with Gasteiger partial charge in [-0.25, -0.2) is 4.98 Å². The maximum atomic E-state index is 4.48. The van der Waals surface area contributed by atoms with Gasteiger partial charge in [-0.2, -0.15) is 0 Å². The summed E-state index contributed by atoms with van der Waals surface area (Å²) in [6.45, 7) is 3.43. The molecule has 1 atom stereocenters. The van der Waals surface area contributed by atoms with Crippen LogP contribution in [0, 0.1) is 5.92 Å². The number of nitrogens with zero attached hydrogens (tertiary/aromatic N) is 2. The second kappa shape index (κ2) is 5.05. The van der Waals surface area contributed by atoms with Gasteiger partial charge in [-0.3, -0.25) is 0 Å². The molecular formula is C11H19N3S. The molecule has 0 bridgehead atoms. The molecule has 0 aliphatic carbocycles. The van der Waals surface area contributed by atoms with E-state index in [0.29, 0.717) is 0 Å². The van der Waals surface area contributed by atoms with Crippen LogP contribution >= 0.6 is 11.3 Å². The molecule has 15 heavy (non-hydrogen) atoms. The molecule has 0 aromatic carbocycles. The van der Waals surface area contributed by atoms with E-state index in [1.54, 1.807) is 0 Å². The first-order valence-electron chi connectivity index (χ1n) is 5.54. The van der Waals surface area contributed by atoms with Gasteiger partial charge in [-0.05, 0) is 33.0 Å². The quantitative estimate of drug-likeness (QED) is 0.838. The predicted molar refractivity (Wildman–Crippen MR) is 64.2 cm³/mol. The van der Waals surface area contributed by atoms with E-state index < -0.39 is 0 Å². The highest BCUT2D eigenvalue weighted by Crippen LogP contribution is 2.22. The molecule has 4 heteroatoms. The molecule has 1 fully saturated rings. The molecule has 1 saturated heterocycles. The minimum absolute atomic E-state index is 0.823. The van der Waals surface area contributed by atoms with Crippen LogP contribution in [-0.2, 0) is 13.0 Å². The Morgan fingerprint density at radius 2 is 2.53 bits per heavy atom. The van der Waals surface area contributed by atoms with E-state index in [1.165, 1.54) is 35.8 Å². The fourth-order valence-electron chi connectivity index (χ4n) is 2.14. The normalized spacial score (nSPS) is 22.4. The van der Waals surface area contributed by atoms with Crippen LogP contribution in [0.4, 0.5) is 0 Å². The van der Waals surface area contributed by atoms with E-state index in [-0.39, 0.29) is 0 Å². The van der Waals surface area contributed by atoms with Crippen molar-refractivity contribution in [1.82, 2.24) is 15.2 Å². The fourth-order valence-corrected chi connectivity index (χ4v) is 3.19. The average molecular weight is 225 g/mol. The van der Waals surface area contributed by atoms with Crippen LogP contribution in [0.5, 0.6) is 0 Å². The summed E-state index contributed by atoms with van der Waals surface area (Å²) in [5, 5.41) is 4.47. The number of hydrogen-bond donors (Lipinski definition) is 1. The summed E-state index contributed by atoms with van der Waals surface area (Å²) < 4.78 is 0. The minimum Gasteiger partial charge on any atom is -0.315 e. The molecule has 1 unspecified atom stereocenters. The Morgan fingerprint density at radius 1 is 1.67 bits per heavy atom. The van der Waals surface area contributed by atoms with Crippen molar-refractivity contribution in [3.8, 4) is 0 Å². The van der Waals surface area contributed by atoms with Crippen molar-refractivity contribution < 1.29 is 0 Å². The van der Waals surface area contributed by atoms with Gasteiger partial charge in [0.05, 0.1) is 5.01 Å². The molecule has 0 saturated carbocycles. The van der Waals surface area contributed by atoms with Gasteiger partial charge in [-0.15, -0.1) is 11.3 Å². The van der Waals surface area contributed by atoms with E-state index in [1.807, 2.05) is 24.6 Å². The van der Waals surface area contributed by atoms with E-state index in [9.17, 15) is 0 Å². The van der Waals surface area contributed by atoms with E-state index in [4.69, 9.17) is 0 Å². The molecule has 0 radical (unpaired) electrons. The Balaban J connectivity index is 1.87. The first-order chi connectivity index (χ1) is 7.28. The van der Waals surface area contributed by atoms with Crippen molar-refractivity contribution in [1.29, 1.82) is 0 Å². The van der Waals surface area contributed by atoms with E-state index >= 15 is 0 Å². The molecule has 2 heterocycles. The number of thiazole rings is 1. The van der Waals surface area contributed by atoms with Gasteiger partial charge in [0.25, 0.3) is 0 Å². The van der Waals surface area contributed by atoms with Gasteiger partial charge >= 0.3 is 0 Å². The second-order valence-electron chi connectivity index (χ2n) is 4.37. The lowest BCUT2D eigenvalue weighted by Crippen LogP contribution is -2.14. The molecule has 3 nitrogen and oxygen atoms in total. The average Bonchev–Trinajstić information content (AvgIpc) is 2.78. The summed E-state index contributed by atoms with van der Waals surface area (Å²) in [5.74, 6) is 0.823. The molecule has 2 rings (SSSR count). The maximum Gasteiger partial charge on any atom is 0.0931 e. The molecule has 1 aromatic rings. The lowest BCUT2D eigenvalue weighted by molar-refractivity contribution is 0.394. The van der Waals surface area contributed by atoms with Crippen LogP contribution in [0.2, 0.25) is 0 Å². The summed E-state index contributed by atoms with van der Waals surface area (Å²) in [5.41, 5.74) is 0. The van der Waals surface area contributed by atoms with Crippen molar-refractivity contribution in [2.45, 2.75) is 19.4 Å². The highest BCUT2D eigenvalue weighted by Gasteiger charge is 2.20. The highest BCUT2D eigenvalue weighted by atomic mass is 32.1. The van der Waals surface area contributed by atoms with Crippen LogP contribution in [-0.4, -0.2) is 37.1 Å². The lowest BCUT2D eigenvalue weighted by atomic mass is 10.1. The zero-order chi connectivity index (χ0) is 10.7. The van der Waals surface area contributed by atoms with Crippen LogP contribution in [0.1, 0.15) is 16.3 Å². The van der Waals surface area contributed by atoms with Crippen LogP contribution in [0.3, 0.4) is 0 Å². The van der Waals surface area contributed by atoms with Gasteiger partial charge in [0, 0.05) is 30.6 Å². The summed E-state index contributed by atoms with van der Waals surface area (Å²) in [7, 11) is 4.18. The molecule has 1 aliphatic heterocycles. The minimum atomic E-state index is 0.823. The number of rotatable bonds is 4. The molecule has 0 spiro atoms. The van der Waals surface area contributed by atoms with Crippen LogP contribution < -0.4 is 5.32 Å². The zero-order valence-electron chi connectivity index (χ0n) is 9.49. The monoisotopic (exact) mass is 225 g/mol. The third kappa shape index (κ3) is 3.00. The largest absolute Gasteiger partial charge is 0.315 e. The Kier molecular flexibility index (Phi) is 3.72. The Bertz CT molecular complexity index is 311. The molecule has 84 valence electrons. The molecular weight excluding hydrogens is 206 g/mol. The van der Waals surface area contributed by atoms with Gasteiger partial charge in [0.1, 0.15) is 0 Å². The summed E-state index contributed by atoms with van der Waals surface area (Å²) >= 11 is 1.85. The first-order valence-corrected chi connectivity index (χ1v) is 6.36. The van der Waals surface area contributed by atoms with Crippen LogP contribution in [0.15, 0.2) is 6.20 Å². The van der Waals surface area contributed by atoms with E-state index in [2.05, 4.69) is 22.2 Å². The number of aromatic nitrogens is 1. The van der Waals surface area contributed by atoms with Gasteiger partial charge in [-0.1, -0.05) is 0 Å². The van der Waals surface area contributed by atoms with Gasteiger partial charge < -0.3 is 10.2 Å². The second-order valence-corrected chi connectivity index (χ2v) is 5.57. The van der Waals surface area contributed by atoms with Crippen molar-refractivity contribution in [3.05, 3.63) is 16.1 Å². The standard InChI is InChI=1S/C11H19N3S/c1-12-6-10-7-13-11(15-10)5-9-3-4-14(2)8-9/h7,9,12H,3-6,8H2,1-2H3. The number of likely N-dealkylation sites (tertiary alicyclic amines) is 1. The first kappa shape index (κ1) is 11.0. The molecule has 0 amide bonds. The zero-order valence-corrected chi connectivity index (χ0v) is 10.3. The molecule has 1 N–H and O–H groups in total. The van der Waals surface area contributed by atoms with Gasteiger partial charge in [0.15, 0.2) is 0 Å². The number of nitrogens with one attached hydrogen (secondary N) is 1. The smallest absolute Gasteiger partial charge is 0.0931 e. The Morgan fingerprint density at radius 3 is 3.20 bits per heavy atom. The summed E-state index contributed by atoms with van der Waals surface area (Å²) in [6.07, 6.45) is 4.51. The number of hydrogen-bond acceptors (Lipinski definition) is 4. The SMILES string of the molecule is CNCc1cnc(CC2CCN(C)C2)s1. The fraction of sp³-hybridized carbons (Fsp3) is 0.727. The summed E-state index contributed by atoms with van der Waals surface area (Å²) in [6, 6.07) is 0. The highest BCUT2D eigenvalue weighted by molar-refractivity contribution is 7.11. The Labute approximate surface area is 95.5 Å². The third-order valence-corrected chi connectivity index (χ3v) is 3.92. The van der Waals surface area contributed by atoms with Crippen molar-refractivity contribution in [2.24, 2.45) is 5.92 Å². The summed E-state index contributed by atoms with van der Waals surface area (Å²) in [4.78, 5) is 8.24. The topological polar surface area (TPSA) is 28.2 Å².